The van der Waals surface area contributed by atoms with E-state index in [0.29, 0.717) is 18.1 Å². The molecule has 1 N–H and O–H groups in total. The predicted molar refractivity (Wildman–Crippen MR) is 69.7 cm³/mol. The number of rotatable bonds is 7. The van der Waals surface area contributed by atoms with Gasteiger partial charge in [0.15, 0.2) is 0 Å². The summed E-state index contributed by atoms with van der Waals surface area (Å²) in [6.45, 7) is 12.6. The second kappa shape index (κ2) is 7.08. The summed E-state index contributed by atoms with van der Waals surface area (Å²) in [6, 6.07) is 0.560. The lowest BCUT2D eigenvalue weighted by Crippen LogP contribution is -2.40. The van der Waals surface area contributed by atoms with Crippen LogP contribution in [0.25, 0.3) is 0 Å². The molecule has 3 unspecified atom stereocenters. The predicted octanol–water partition coefficient (Wildman–Crippen LogP) is 3.14. The van der Waals surface area contributed by atoms with E-state index in [1.54, 1.807) is 0 Å². The average Bonchev–Trinajstić information content (AvgIpc) is 2.71. The summed E-state index contributed by atoms with van der Waals surface area (Å²) in [5.74, 6) is 0.674. The molecule has 1 aliphatic rings. The Labute approximate surface area is 100 Å². The Hall–Kier alpha value is -0.340. The minimum absolute atomic E-state index is 0.453. The van der Waals surface area contributed by atoms with Crippen molar-refractivity contribution in [3.8, 4) is 0 Å². The fraction of sp³-hybridized carbons (Fsp3) is 0.857. The lowest BCUT2D eigenvalue weighted by atomic mass is 9.87. The molecule has 0 aromatic rings. The molecule has 1 aliphatic heterocycles. The summed E-state index contributed by atoms with van der Waals surface area (Å²) in [6.07, 6.45) is 5.06. The van der Waals surface area contributed by atoms with Crippen LogP contribution in [0.4, 0.5) is 0 Å². The van der Waals surface area contributed by atoms with E-state index >= 15 is 0 Å². The number of ether oxygens (including phenoxy) is 1. The van der Waals surface area contributed by atoms with Gasteiger partial charge in [0.2, 0.25) is 0 Å². The van der Waals surface area contributed by atoms with E-state index in [4.69, 9.17) is 4.74 Å². The highest BCUT2D eigenvalue weighted by Crippen LogP contribution is 2.29. The van der Waals surface area contributed by atoms with E-state index in [0.717, 1.165) is 26.0 Å². The van der Waals surface area contributed by atoms with Gasteiger partial charge in [0.25, 0.3) is 0 Å². The highest BCUT2D eigenvalue weighted by molar-refractivity contribution is 4.97. The first-order valence-corrected chi connectivity index (χ1v) is 6.68. The third-order valence-electron chi connectivity index (χ3n) is 3.40. The quantitative estimate of drug-likeness (QED) is 0.672. The van der Waals surface area contributed by atoms with E-state index in [1.165, 1.54) is 18.4 Å². The lowest BCUT2D eigenvalue weighted by Gasteiger charge is -2.28. The van der Waals surface area contributed by atoms with Crippen molar-refractivity contribution in [1.82, 2.24) is 5.32 Å². The maximum absolute atomic E-state index is 5.79. The molecule has 0 radical (unpaired) electrons. The van der Waals surface area contributed by atoms with Gasteiger partial charge in [0.05, 0.1) is 6.10 Å². The summed E-state index contributed by atoms with van der Waals surface area (Å²) < 4.78 is 5.79. The van der Waals surface area contributed by atoms with E-state index in [9.17, 15) is 0 Å². The topological polar surface area (TPSA) is 21.3 Å². The largest absolute Gasteiger partial charge is 0.378 e. The van der Waals surface area contributed by atoms with Crippen LogP contribution in [-0.4, -0.2) is 25.3 Å². The van der Waals surface area contributed by atoms with Crippen LogP contribution in [-0.2, 0) is 4.74 Å². The number of hydrogen-bond donors (Lipinski definition) is 1. The summed E-state index contributed by atoms with van der Waals surface area (Å²) >= 11 is 0. The molecule has 3 atom stereocenters. The first kappa shape index (κ1) is 13.7. The molecular formula is C14H27NO. The molecule has 0 amide bonds. The van der Waals surface area contributed by atoms with Gasteiger partial charge < -0.3 is 10.1 Å². The summed E-state index contributed by atoms with van der Waals surface area (Å²) in [5.41, 5.74) is 1.27. The molecule has 2 nitrogen and oxygen atoms in total. The zero-order valence-corrected chi connectivity index (χ0v) is 11.1. The van der Waals surface area contributed by atoms with Gasteiger partial charge in [-0.2, -0.15) is 0 Å². The zero-order valence-electron chi connectivity index (χ0n) is 11.1. The third-order valence-corrected chi connectivity index (χ3v) is 3.40. The van der Waals surface area contributed by atoms with E-state index in [1.807, 2.05) is 0 Å². The van der Waals surface area contributed by atoms with Crippen molar-refractivity contribution < 1.29 is 4.74 Å². The van der Waals surface area contributed by atoms with Gasteiger partial charge in [-0.25, -0.2) is 0 Å². The highest BCUT2D eigenvalue weighted by Gasteiger charge is 2.32. The van der Waals surface area contributed by atoms with Crippen LogP contribution >= 0.6 is 0 Å². The minimum atomic E-state index is 0.453. The third kappa shape index (κ3) is 3.91. The first-order chi connectivity index (χ1) is 7.69. The molecule has 1 saturated heterocycles. The average molecular weight is 225 g/mol. The molecular weight excluding hydrogens is 198 g/mol. The molecule has 1 rings (SSSR count). The Balaban J connectivity index is 2.55. The van der Waals surface area contributed by atoms with Crippen molar-refractivity contribution in [2.75, 3.05) is 13.2 Å². The van der Waals surface area contributed by atoms with Crippen LogP contribution < -0.4 is 5.32 Å². The van der Waals surface area contributed by atoms with Crippen molar-refractivity contribution in [3.05, 3.63) is 12.2 Å². The summed E-state index contributed by atoms with van der Waals surface area (Å²) in [4.78, 5) is 0. The molecule has 0 aromatic heterocycles. The Morgan fingerprint density at radius 1 is 1.50 bits per heavy atom. The zero-order chi connectivity index (χ0) is 12.0. The van der Waals surface area contributed by atoms with Crippen LogP contribution in [0.15, 0.2) is 12.2 Å². The van der Waals surface area contributed by atoms with Crippen molar-refractivity contribution in [2.24, 2.45) is 5.92 Å². The normalized spacial score (nSPS) is 26.9. The highest BCUT2D eigenvalue weighted by atomic mass is 16.5. The van der Waals surface area contributed by atoms with Crippen LogP contribution in [0.5, 0.6) is 0 Å². The molecule has 0 saturated carbocycles. The lowest BCUT2D eigenvalue weighted by molar-refractivity contribution is 0.0775. The molecule has 0 aromatic carbocycles. The smallest absolute Gasteiger partial charge is 0.0616 e. The van der Waals surface area contributed by atoms with Gasteiger partial charge >= 0.3 is 0 Å². The molecule has 2 heteroatoms. The second-order valence-electron chi connectivity index (χ2n) is 4.99. The molecule has 94 valence electrons. The van der Waals surface area contributed by atoms with Gasteiger partial charge in [0.1, 0.15) is 0 Å². The van der Waals surface area contributed by atoms with E-state index < -0.39 is 0 Å². The molecule has 1 heterocycles. The Bertz CT molecular complexity index is 215. The number of hydrogen-bond acceptors (Lipinski definition) is 2. The SMILES string of the molecule is C=C(C)CC(NCCC)C1CCOC1CC. The fourth-order valence-electron chi connectivity index (χ4n) is 2.63. The van der Waals surface area contributed by atoms with Gasteiger partial charge in [-0.15, -0.1) is 6.58 Å². The summed E-state index contributed by atoms with van der Waals surface area (Å²) in [7, 11) is 0. The first-order valence-electron chi connectivity index (χ1n) is 6.68. The molecule has 0 aliphatic carbocycles. The van der Waals surface area contributed by atoms with Gasteiger partial charge in [-0.1, -0.05) is 19.4 Å². The second-order valence-corrected chi connectivity index (χ2v) is 4.99. The van der Waals surface area contributed by atoms with Crippen molar-refractivity contribution >= 4 is 0 Å². The van der Waals surface area contributed by atoms with Crippen LogP contribution in [0, 0.1) is 5.92 Å². The standard InChI is InChI=1S/C14H27NO/c1-5-8-15-13(10-11(3)4)12-7-9-16-14(12)6-2/h12-15H,3,5-10H2,1-2,4H3. The molecule has 16 heavy (non-hydrogen) atoms. The van der Waals surface area contributed by atoms with E-state index in [-0.39, 0.29) is 0 Å². The molecule has 0 bridgehead atoms. The molecule has 0 spiro atoms. The van der Waals surface area contributed by atoms with Crippen LogP contribution in [0.2, 0.25) is 0 Å². The Kier molecular flexibility index (Phi) is 6.07. The van der Waals surface area contributed by atoms with Crippen LogP contribution in [0.3, 0.4) is 0 Å². The minimum Gasteiger partial charge on any atom is -0.378 e. The van der Waals surface area contributed by atoms with E-state index in [2.05, 4.69) is 32.7 Å². The van der Waals surface area contributed by atoms with Crippen molar-refractivity contribution in [2.45, 2.75) is 58.6 Å². The maximum atomic E-state index is 5.79. The van der Waals surface area contributed by atoms with Crippen LogP contribution in [0.1, 0.15) is 46.5 Å². The van der Waals surface area contributed by atoms with Gasteiger partial charge in [-0.05, 0) is 39.2 Å². The molecule has 1 fully saturated rings. The maximum Gasteiger partial charge on any atom is 0.0616 e. The van der Waals surface area contributed by atoms with Gasteiger partial charge in [0, 0.05) is 18.6 Å². The number of nitrogens with one attached hydrogen (secondary N) is 1. The monoisotopic (exact) mass is 225 g/mol. The summed E-state index contributed by atoms with van der Waals surface area (Å²) in [5, 5.41) is 3.67. The Morgan fingerprint density at radius 3 is 2.81 bits per heavy atom. The Morgan fingerprint density at radius 2 is 2.25 bits per heavy atom. The van der Waals surface area contributed by atoms with Gasteiger partial charge in [-0.3, -0.25) is 0 Å². The van der Waals surface area contributed by atoms with Crippen molar-refractivity contribution in [1.29, 1.82) is 0 Å². The van der Waals surface area contributed by atoms with Crippen molar-refractivity contribution in [3.63, 3.8) is 0 Å². The fourth-order valence-corrected chi connectivity index (χ4v) is 2.63.